The molecule has 0 N–H and O–H groups in total. The van der Waals surface area contributed by atoms with E-state index in [1.54, 1.807) is 0 Å². The van der Waals surface area contributed by atoms with Crippen molar-refractivity contribution in [3.8, 4) is 33.6 Å². The molecular formula is C35H24N2O. The smallest absolute Gasteiger partial charge is 0.140 e. The van der Waals surface area contributed by atoms with Crippen molar-refractivity contribution in [2.45, 2.75) is 19.3 Å². The van der Waals surface area contributed by atoms with E-state index < -0.39 is 0 Å². The van der Waals surface area contributed by atoms with Gasteiger partial charge in [0.2, 0.25) is 0 Å². The van der Waals surface area contributed by atoms with Gasteiger partial charge in [-0.2, -0.15) is 0 Å². The van der Waals surface area contributed by atoms with Crippen LogP contribution in [0, 0.1) is 0 Å². The molecular weight excluding hydrogens is 464 g/mol. The molecule has 3 heteroatoms. The molecule has 1 aliphatic rings. The largest absolute Gasteiger partial charge is 0.456 e. The van der Waals surface area contributed by atoms with Crippen molar-refractivity contribution in [1.82, 2.24) is 9.97 Å². The highest BCUT2D eigenvalue weighted by molar-refractivity contribution is 6.09. The number of fused-ring (bicyclic) bond motifs is 8. The zero-order valence-electron chi connectivity index (χ0n) is 21.2. The Labute approximate surface area is 220 Å². The van der Waals surface area contributed by atoms with Crippen LogP contribution >= 0.6 is 0 Å². The summed E-state index contributed by atoms with van der Waals surface area (Å²) in [4.78, 5) is 9.47. The monoisotopic (exact) mass is 488 g/mol. The number of aromatic nitrogens is 2. The molecule has 3 aromatic heterocycles. The molecule has 0 amide bonds. The molecule has 0 fully saturated rings. The first-order valence-electron chi connectivity index (χ1n) is 13.0. The summed E-state index contributed by atoms with van der Waals surface area (Å²) in [7, 11) is 0. The van der Waals surface area contributed by atoms with E-state index in [9.17, 15) is 0 Å². The zero-order valence-corrected chi connectivity index (χ0v) is 21.2. The number of para-hydroxylation sites is 1. The van der Waals surface area contributed by atoms with Gasteiger partial charge >= 0.3 is 0 Å². The summed E-state index contributed by atoms with van der Waals surface area (Å²) >= 11 is 0. The summed E-state index contributed by atoms with van der Waals surface area (Å²) in [6, 6.07) is 34.2. The lowest BCUT2D eigenvalue weighted by Crippen LogP contribution is -2.15. The van der Waals surface area contributed by atoms with E-state index in [-0.39, 0.29) is 5.41 Å². The van der Waals surface area contributed by atoms with Crippen LogP contribution in [0.3, 0.4) is 0 Å². The zero-order chi connectivity index (χ0) is 25.4. The van der Waals surface area contributed by atoms with Gasteiger partial charge in [0, 0.05) is 45.1 Å². The van der Waals surface area contributed by atoms with Gasteiger partial charge in [-0.15, -0.1) is 0 Å². The molecule has 0 saturated heterocycles. The molecule has 0 spiro atoms. The minimum atomic E-state index is -0.186. The van der Waals surface area contributed by atoms with Crippen LogP contribution in [0.25, 0.3) is 66.4 Å². The van der Waals surface area contributed by atoms with Crippen molar-refractivity contribution >= 4 is 32.7 Å². The van der Waals surface area contributed by atoms with E-state index in [0.29, 0.717) is 0 Å². The molecule has 3 heterocycles. The molecule has 0 aliphatic heterocycles. The van der Waals surface area contributed by atoms with E-state index in [1.165, 1.54) is 38.4 Å². The third kappa shape index (κ3) is 2.90. The maximum atomic E-state index is 6.45. The van der Waals surface area contributed by atoms with Crippen LogP contribution in [-0.4, -0.2) is 9.97 Å². The van der Waals surface area contributed by atoms with Crippen molar-refractivity contribution in [3.63, 3.8) is 0 Å². The molecule has 38 heavy (non-hydrogen) atoms. The normalized spacial score (nSPS) is 13.7. The summed E-state index contributed by atoms with van der Waals surface area (Å²) in [6.45, 7) is 4.61. The molecule has 0 atom stereocenters. The van der Waals surface area contributed by atoms with Gasteiger partial charge in [0.15, 0.2) is 0 Å². The fraction of sp³-hybridized carbons (Fsp3) is 0.0857. The Hall–Kier alpha value is -4.76. The average molecular weight is 489 g/mol. The molecule has 1 aliphatic carbocycles. The van der Waals surface area contributed by atoms with E-state index in [2.05, 4.69) is 97.7 Å². The van der Waals surface area contributed by atoms with Gasteiger partial charge in [-0.1, -0.05) is 80.6 Å². The Morgan fingerprint density at radius 1 is 0.658 bits per heavy atom. The van der Waals surface area contributed by atoms with Crippen LogP contribution in [0.5, 0.6) is 0 Å². The Balaban J connectivity index is 1.22. The van der Waals surface area contributed by atoms with Gasteiger partial charge in [-0.05, 0) is 58.0 Å². The molecule has 0 saturated carbocycles. The summed E-state index contributed by atoms with van der Waals surface area (Å²) in [5.74, 6) is 0. The van der Waals surface area contributed by atoms with Crippen LogP contribution < -0.4 is 0 Å². The molecule has 8 rings (SSSR count). The SMILES string of the molecule is CC1(C)c2cc(-c3ccc(-c4nccc5ccccc45)nc3)ccc2-c2ccc3c(oc4ccccc43)c21. The Morgan fingerprint density at radius 2 is 1.45 bits per heavy atom. The first kappa shape index (κ1) is 21.3. The Bertz CT molecular complexity index is 2040. The highest BCUT2D eigenvalue weighted by Gasteiger charge is 2.38. The maximum absolute atomic E-state index is 6.45. The highest BCUT2D eigenvalue weighted by atomic mass is 16.3. The lowest BCUT2D eigenvalue weighted by molar-refractivity contribution is 0.620. The fourth-order valence-corrected chi connectivity index (χ4v) is 6.27. The van der Waals surface area contributed by atoms with Crippen molar-refractivity contribution in [1.29, 1.82) is 0 Å². The van der Waals surface area contributed by atoms with Crippen molar-refractivity contribution < 1.29 is 4.42 Å². The van der Waals surface area contributed by atoms with Gasteiger partial charge in [-0.25, -0.2) is 0 Å². The summed E-state index contributed by atoms with van der Waals surface area (Å²) in [5.41, 5.74) is 10.9. The molecule has 4 aromatic carbocycles. The summed E-state index contributed by atoms with van der Waals surface area (Å²) in [6.07, 6.45) is 3.82. The predicted molar refractivity (Wildman–Crippen MR) is 155 cm³/mol. The summed E-state index contributed by atoms with van der Waals surface area (Å²) in [5, 5.41) is 4.64. The number of rotatable bonds is 2. The number of hydrogen-bond acceptors (Lipinski definition) is 3. The number of nitrogens with zero attached hydrogens (tertiary/aromatic N) is 2. The van der Waals surface area contributed by atoms with Crippen molar-refractivity contribution in [2.75, 3.05) is 0 Å². The minimum Gasteiger partial charge on any atom is -0.456 e. The van der Waals surface area contributed by atoms with Gasteiger partial charge in [0.1, 0.15) is 11.2 Å². The number of pyridine rings is 2. The van der Waals surface area contributed by atoms with Gasteiger partial charge in [-0.3, -0.25) is 9.97 Å². The summed E-state index contributed by atoms with van der Waals surface area (Å²) < 4.78 is 6.45. The second-order valence-electron chi connectivity index (χ2n) is 10.7. The minimum absolute atomic E-state index is 0.186. The van der Waals surface area contributed by atoms with Gasteiger partial charge in [0.25, 0.3) is 0 Å². The topological polar surface area (TPSA) is 38.9 Å². The van der Waals surface area contributed by atoms with E-state index in [4.69, 9.17) is 9.40 Å². The van der Waals surface area contributed by atoms with Crippen LogP contribution in [0.1, 0.15) is 25.0 Å². The van der Waals surface area contributed by atoms with E-state index in [1.807, 2.05) is 30.6 Å². The fourth-order valence-electron chi connectivity index (χ4n) is 6.27. The number of furan rings is 1. The third-order valence-corrected chi connectivity index (χ3v) is 8.17. The van der Waals surface area contributed by atoms with Gasteiger partial charge < -0.3 is 4.42 Å². The first-order chi connectivity index (χ1) is 18.6. The van der Waals surface area contributed by atoms with Crippen LogP contribution in [0.2, 0.25) is 0 Å². The molecule has 0 radical (unpaired) electrons. The van der Waals surface area contributed by atoms with Gasteiger partial charge in [0.05, 0.1) is 11.4 Å². The Morgan fingerprint density at radius 3 is 2.32 bits per heavy atom. The predicted octanol–water partition coefficient (Wildman–Crippen LogP) is 9.17. The quantitative estimate of drug-likeness (QED) is 0.243. The van der Waals surface area contributed by atoms with Crippen LogP contribution in [0.15, 0.2) is 114 Å². The second kappa shape index (κ2) is 7.62. The van der Waals surface area contributed by atoms with Crippen LogP contribution in [-0.2, 0) is 5.41 Å². The molecule has 3 nitrogen and oxygen atoms in total. The standard InChI is InChI=1S/C35H24N2O/c1-35(2)29-19-22(23-12-16-30(37-20-23)33-24-8-4-3-7-21(24)17-18-36-33)11-13-25(29)27-14-15-28-26-9-5-6-10-31(26)38-34(28)32(27)35/h3-20H,1-2H3. The lowest BCUT2D eigenvalue weighted by Gasteiger charge is -2.22. The molecule has 0 bridgehead atoms. The highest BCUT2D eigenvalue weighted by Crippen LogP contribution is 2.53. The molecule has 7 aromatic rings. The lowest BCUT2D eigenvalue weighted by atomic mass is 9.81. The third-order valence-electron chi connectivity index (χ3n) is 8.17. The van der Waals surface area contributed by atoms with Crippen LogP contribution in [0.4, 0.5) is 0 Å². The first-order valence-corrected chi connectivity index (χ1v) is 13.0. The molecule has 0 unspecified atom stereocenters. The second-order valence-corrected chi connectivity index (χ2v) is 10.7. The van der Waals surface area contributed by atoms with Crippen molar-refractivity contribution in [3.05, 3.63) is 121 Å². The Kier molecular flexibility index (Phi) is 4.28. The maximum Gasteiger partial charge on any atom is 0.140 e. The average Bonchev–Trinajstić information content (AvgIpc) is 3.45. The van der Waals surface area contributed by atoms with E-state index >= 15 is 0 Å². The van der Waals surface area contributed by atoms with E-state index in [0.717, 1.165) is 39.1 Å². The van der Waals surface area contributed by atoms with Crippen molar-refractivity contribution in [2.24, 2.45) is 0 Å². The number of benzene rings is 4. The number of hydrogen-bond donors (Lipinski definition) is 0. The molecule has 180 valence electrons.